The molecule has 0 bridgehead atoms. The van der Waals surface area contributed by atoms with Crippen LogP contribution in [0.5, 0.6) is 0 Å². The topological polar surface area (TPSA) is 43.1 Å². The molecule has 0 unspecified atom stereocenters. The molecule has 0 atom stereocenters. The summed E-state index contributed by atoms with van der Waals surface area (Å²) in [5.41, 5.74) is 10.1. The van der Waals surface area contributed by atoms with E-state index in [-0.39, 0.29) is 5.78 Å². The van der Waals surface area contributed by atoms with E-state index in [0.29, 0.717) is 22.7 Å². The molecular weight excluding hydrogens is 234 g/mol. The highest BCUT2D eigenvalue weighted by atomic mass is 16.1. The molecular formula is C17H19NO. The van der Waals surface area contributed by atoms with Gasteiger partial charge >= 0.3 is 0 Å². The van der Waals surface area contributed by atoms with Crippen LogP contribution in [0.25, 0.3) is 0 Å². The standard InChI is InChI=1S/C17H19NO/c1-11(2)13-6-8-14(9-7-13)17(19)15-5-4-12(3)16(18)10-15/h4-11H,18H2,1-3H3. The molecule has 2 heteroatoms. The Morgan fingerprint density at radius 3 is 2.11 bits per heavy atom. The van der Waals surface area contributed by atoms with Crippen LogP contribution in [-0.4, -0.2) is 5.78 Å². The van der Waals surface area contributed by atoms with Crippen molar-refractivity contribution in [2.75, 3.05) is 5.73 Å². The van der Waals surface area contributed by atoms with Crippen LogP contribution in [0, 0.1) is 6.92 Å². The maximum Gasteiger partial charge on any atom is 0.193 e. The molecule has 0 spiro atoms. The molecule has 2 aromatic rings. The monoisotopic (exact) mass is 253 g/mol. The van der Waals surface area contributed by atoms with Gasteiger partial charge in [0.1, 0.15) is 0 Å². The fraction of sp³-hybridized carbons (Fsp3) is 0.235. The van der Waals surface area contributed by atoms with Gasteiger partial charge in [-0.25, -0.2) is 0 Å². The van der Waals surface area contributed by atoms with Gasteiger partial charge in [-0.2, -0.15) is 0 Å². The van der Waals surface area contributed by atoms with Crippen LogP contribution >= 0.6 is 0 Å². The van der Waals surface area contributed by atoms with Crippen molar-refractivity contribution in [1.82, 2.24) is 0 Å². The number of hydrogen-bond donors (Lipinski definition) is 1. The van der Waals surface area contributed by atoms with Gasteiger partial charge in [0.05, 0.1) is 0 Å². The minimum atomic E-state index is 0.0157. The van der Waals surface area contributed by atoms with Gasteiger partial charge in [-0.15, -0.1) is 0 Å². The molecule has 0 fully saturated rings. The number of benzene rings is 2. The average molecular weight is 253 g/mol. The van der Waals surface area contributed by atoms with Gasteiger partial charge in [0.15, 0.2) is 5.78 Å². The lowest BCUT2D eigenvalue weighted by Crippen LogP contribution is -2.03. The number of carbonyl (C=O) groups excluding carboxylic acids is 1. The summed E-state index contributed by atoms with van der Waals surface area (Å²) in [5, 5.41) is 0. The van der Waals surface area contributed by atoms with E-state index in [1.54, 1.807) is 6.07 Å². The summed E-state index contributed by atoms with van der Waals surface area (Å²) < 4.78 is 0. The zero-order valence-electron chi connectivity index (χ0n) is 11.6. The number of hydrogen-bond acceptors (Lipinski definition) is 2. The highest BCUT2D eigenvalue weighted by Gasteiger charge is 2.10. The van der Waals surface area contributed by atoms with Crippen LogP contribution in [0.15, 0.2) is 42.5 Å². The Labute approximate surface area is 114 Å². The molecule has 0 saturated heterocycles. The maximum absolute atomic E-state index is 12.3. The zero-order valence-corrected chi connectivity index (χ0v) is 11.6. The SMILES string of the molecule is Cc1ccc(C(=O)c2ccc(C(C)C)cc2)cc1N. The molecule has 0 aliphatic heterocycles. The maximum atomic E-state index is 12.3. The van der Waals surface area contributed by atoms with E-state index in [1.165, 1.54) is 5.56 Å². The van der Waals surface area contributed by atoms with Crippen LogP contribution < -0.4 is 5.73 Å². The fourth-order valence-corrected chi connectivity index (χ4v) is 1.97. The molecule has 2 N–H and O–H groups in total. The Morgan fingerprint density at radius 2 is 1.58 bits per heavy atom. The third-order valence-electron chi connectivity index (χ3n) is 3.38. The lowest BCUT2D eigenvalue weighted by atomic mass is 9.97. The normalized spacial score (nSPS) is 10.7. The Morgan fingerprint density at radius 1 is 1.00 bits per heavy atom. The predicted octanol–water partition coefficient (Wildman–Crippen LogP) is 3.93. The third-order valence-corrected chi connectivity index (χ3v) is 3.38. The van der Waals surface area contributed by atoms with Crippen molar-refractivity contribution in [2.45, 2.75) is 26.7 Å². The summed E-state index contributed by atoms with van der Waals surface area (Å²) in [6.45, 7) is 6.20. The Kier molecular flexibility index (Phi) is 3.70. The fourth-order valence-electron chi connectivity index (χ4n) is 1.97. The summed E-state index contributed by atoms with van der Waals surface area (Å²) in [7, 11) is 0. The second-order valence-electron chi connectivity index (χ2n) is 5.18. The highest BCUT2D eigenvalue weighted by Crippen LogP contribution is 2.19. The minimum absolute atomic E-state index is 0.0157. The molecule has 2 nitrogen and oxygen atoms in total. The van der Waals surface area contributed by atoms with Crippen LogP contribution in [0.4, 0.5) is 5.69 Å². The molecule has 98 valence electrons. The number of aryl methyl sites for hydroxylation is 1. The molecule has 0 radical (unpaired) electrons. The minimum Gasteiger partial charge on any atom is -0.398 e. The highest BCUT2D eigenvalue weighted by molar-refractivity contribution is 6.09. The van der Waals surface area contributed by atoms with Crippen LogP contribution in [0.2, 0.25) is 0 Å². The Bertz CT molecular complexity index is 597. The summed E-state index contributed by atoms with van der Waals surface area (Å²) in [5.74, 6) is 0.487. The van der Waals surface area contributed by atoms with Gasteiger partial charge in [-0.05, 0) is 30.0 Å². The summed E-state index contributed by atoms with van der Waals surface area (Å²) in [6, 6.07) is 13.2. The van der Waals surface area contributed by atoms with Gasteiger partial charge in [-0.1, -0.05) is 50.2 Å². The van der Waals surface area contributed by atoms with E-state index in [1.807, 2.05) is 43.3 Å². The second kappa shape index (κ2) is 5.27. The molecule has 0 amide bonds. The Hall–Kier alpha value is -2.09. The van der Waals surface area contributed by atoms with Crippen LogP contribution in [0.3, 0.4) is 0 Å². The first-order chi connectivity index (χ1) is 8.99. The van der Waals surface area contributed by atoms with Crippen molar-refractivity contribution in [1.29, 1.82) is 0 Å². The largest absolute Gasteiger partial charge is 0.398 e. The summed E-state index contributed by atoms with van der Waals surface area (Å²) >= 11 is 0. The first-order valence-electron chi connectivity index (χ1n) is 6.50. The van der Waals surface area contributed by atoms with Crippen LogP contribution in [-0.2, 0) is 0 Å². The van der Waals surface area contributed by atoms with Gasteiger partial charge in [0.25, 0.3) is 0 Å². The molecule has 2 rings (SSSR count). The number of rotatable bonds is 3. The Balaban J connectivity index is 2.30. The van der Waals surface area contributed by atoms with Crippen LogP contribution in [0.1, 0.15) is 46.8 Å². The van der Waals surface area contributed by atoms with Crippen molar-refractivity contribution in [3.05, 3.63) is 64.7 Å². The van der Waals surface area contributed by atoms with Gasteiger partial charge < -0.3 is 5.73 Å². The van der Waals surface area contributed by atoms with E-state index in [2.05, 4.69) is 13.8 Å². The quantitative estimate of drug-likeness (QED) is 0.665. The average Bonchev–Trinajstić information content (AvgIpc) is 2.41. The number of carbonyl (C=O) groups is 1. The molecule has 19 heavy (non-hydrogen) atoms. The van der Waals surface area contributed by atoms with Gasteiger partial charge in [0.2, 0.25) is 0 Å². The van der Waals surface area contributed by atoms with Gasteiger partial charge in [-0.3, -0.25) is 4.79 Å². The number of nitrogens with two attached hydrogens (primary N) is 1. The van der Waals surface area contributed by atoms with Gasteiger partial charge in [0, 0.05) is 16.8 Å². The van der Waals surface area contributed by atoms with E-state index < -0.39 is 0 Å². The van der Waals surface area contributed by atoms with Crippen molar-refractivity contribution in [3.8, 4) is 0 Å². The predicted molar refractivity (Wildman–Crippen MR) is 79.6 cm³/mol. The summed E-state index contributed by atoms with van der Waals surface area (Å²) in [4.78, 5) is 12.3. The van der Waals surface area contributed by atoms with Crippen molar-refractivity contribution >= 4 is 11.5 Å². The van der Waals surface area contributed by atoms with E-state index >= 15 is 0 Å². The lowest BCUT2D eigenvalue weighted by Gasteiger charge is -2.07. The van der Waals surface area contributed by atoms with E-state index in [4.69, 9.17) is 5.73 Å². The third kappa shape index (κ3) is 2.84. The summed E-state index contributed by atoms with van der Waals surface area (Å²) in [6.07, 6.45) is 0. The first-order valence-corrected chi connectivity index (χ1v) is 6.50. The van der Waals surface area contributed by atoms with Crippen molar-refractivity contribution in [3.63, 3.8) is 0 Å². The molecule has 0 aliphatic rings. The van der Waals surface area contributed by atoms with Crippen molar-refractivity contribution < 1.29 is 4.79 Å². The second-order valence-corrected chi connectivity index (χ2v) is 5.18. The molecule has 0 aromatic heterocycles. The van der Waals surface area contributed by atoms with E-state index in [9.17, 15) is 4.79 Å². The van der Waals surface area contributed by atoms with E-state index in [0.717, 1.165) is 5.56 Å². The molecule has 0 aliphatic carbocycles. The zero-order chi connectivity index (χ0) is 14.0. The lowest BCUT2D eigenvalue weighted by molar-refractivity contribution is 0.103. The molecule has 2 aromatic carbocycles. The number of anilines is 1. The van der Waals surface area contributed by atoms with Crippen molar-refractivity contribution in [2.24, 2.45) is 0 Å². The molecule has 0 saturated carbocycles. The molecule has 0 heterocycles. The number of ketones is 1. The smallest absolute Gasteiger partial charge is 0.193 e. The number of nitrogen functional groups attached to an aromatic ring is 1. The first kappa shape index (κ1) is 13.3.